The molecular weight excluding hydrogens is 242 g/mol. The molecule has 1 aromatic rings. The first-order valence-corrected chi connectivity index (χ1v) is 6.15. The van der Waals surface area contributed by atoms with E-state index in [9.17, 15) is 4.79 Å². The minimum Gasteiger partial charge on any atom is -0.497 e. The second kappa shape index (κ2) is 7.27. The highest BCUT2D eigenvalue weighted by Crippen LogP contribution is 2.21. The van der Waals surface area contributed by atoms with Crippen LogP contribution >= 0.6 is 0 Å². The van der Waals surface area contributed by atoms with Crippen LogP contribution in [0.15, 0.2) is 18.2 Å². The van der Waals surface area contributed by atoms with Crippen molar-refractivity contribution in [3.8, 4) is 11.8 Å². The van der Waals surface area contributed by atoms with Crippen LogP contribution in [-0.2, 0) is 4.79 Å². The van der Waals surface area contributed by atoms with Crippen molar-refractivity contribution in [3.63, 3.8) is 0 Å². The Balaban J connectivity index is 2.61. The number of hydrogen-bond donors (Lipinski definition) is 2. The number of nitrogens with one attached hydrogen (secondary N) is 2. The molecule has 1 amide bonds. The van der Waals surface area contributed by atoms with Crippen LogP contribution in [0.5, 0.6) is 5.75 Å². The van der Waals surface area contributed by atoms with Crippen molar-refractivity contribution in [3.05, 3.63) is 23.8 Å². The number of carbonyl (C=O) groups excluding carboxylic acids is 1. The average molecular weight is 261 g/mol. The minimum absolute atomic E-state index is 0.0968. The van der Waals surface area contributed by atoms with Gasteiger partial charge in [0, 0.05) is 12.6 Å². The Hall–Kier alpha value is -2.22. The largest absolute Gasteiger partial charge is 0.497 e. The lowest BCUT2D eigenvalue weighted by molar-refractivity contribution is -0.119. The Labute approximate surface area is 113 Å². The van der Waals surface area contributed by atoms with Gasteiger partial charge in [-0.1, -0.05) is 13.8 Å². The molecule has 0 saturated carbocycles. The molecule has 0 fully saturated rings. The van der Waals surface area contributed by atoms with Gasteiger partial charge in [-0.15, -0.1) is 0 Å². The number of rotatable bonds is 6. The van der Waals surface area contributed by atoms with Crippen molar-refractivity contribution < 1.29 is 9.53 Å². The number of nitrogens with zero attached hydrogens (tertiary/aromatic N) is 1. The van der Waals surface area contributed by atoms with E-state index in [2.05, 4.69) is 16.7 Å². The quantitative estimate of drug-likeness (QED) is 0.818. The van der Waals surface area contributed by atoms with Gasteiger partial charge >= 0.3 is 0 Å². The summed E-state index contributed by atoms with van der Waals surface area (Å²) in [7, 11) is 1.56. The van der Waals surface area contributed by atoms with E-state index in [4.69, 9.17) is 10.00 Å². The molecule has 0 bridgehead atoms. The van der Waals surface area contributed by atoms with Crippen LogP contribution < -0.4 is 15.4 Å². The van der Waals surface area contributed by atoms with Crippen LogP contribution in [-0.4, -0.2) is 26.1 Å². The molecule has 0 atom stereocenters. The predicted octanol–water partition coefficient (Wildman–Crippen LogP) is 1.75. The van der Waals surface area contributed by atoms with Gasteiger partial charge in [-0.3, -0.25) is 4.79 Å². The summed E-state index contributed by atoms with van der Waals surface area (Å²) in [5, 5.41) is 14.7. The second-order valence-electron chi connectivity index (χ2n) is 4.57. The third-order valence-electron chi connectivity index (χ3n) is 2.49. The molecule has 0 unspecified atom stereocenters. The first-order valence-electron chi connectivity index (χ1n) is 6.15. The van der Waals surface area contributed by atoms with E-state index in [1.807, 2.05) is 13.8 Å². The van der Waals surface area contributed by atoms with Gasteiger partial charge in [0.2, 0.25) is 5.91 Å². The van der Waals surface area contributed by atoms with E-state index < -0.39 is 0 Å². The highest BCUT2D eigenvalue weighted by atomic mass is 16.5. The highest BCUT2D eigenvalue weighted by Gasteiger charge is 2.06. The molecule has 0 saturated heterocycles. The number of ether oxygens (including phenoxy) is 1. The van der Waals surface area contributed by atoms with Gasteiger partial charge in [-0.25, -0.2) is 0 Å². The van der Waals surface area contributed by atoms with Crippen LogP contribution in [0.25, 0.3) is 0 Å². The number of amides is 1. The van der Waals surface area contributed by atoms with Crippen molar-refractivity contribution in [2.75, 3.05) is 25.5 Å². The number of anilines is 1. The fraction of sp³-hybridized carbons (Fsp3) is 0.429. The van der Waals surface area contributed by atoms with Crippen LogP contribution in [0.3, 0.4) is 0 Å². The number of methoxy groups -OCH3 is 1. The number of carbonyl (C=O) groups is 1. The van der Waals surface area contributed by atoms with Gasteiger partial charge in [0.05, 0.1) is 24.9 Å². The van der Waals surface area contributed by atoms with Crippen molar-refractivity contribution in [1.29, 1.82) is 5.26 Å². The molecule has 0 heterocycles. The molecular formula is C14H19N3O2. The zero-order valence-electron chi connectivity index (χ0n) is 11.5. The lowest BCUT2D eigenvalue weighted by atomic mass is 10.2. The van der Waals surface area contributed by atoms with Gasteiger partial charge < -0.3 is 15.4 Å². The first-order chi connectivity index (χ1) is 9.06. The summed E-state index contributed by atoms with van der Waals surface area (Å²) in [5.74, 6) is 0.958. The van der Waals surface area contributed by atoms with E-state index in [1.54, 1.807) is 25.3 Å². The Kier molecular flexibility index (Phi) is 5.68. The topological polar surface area (TPSA) is 74.1 Å². The number of nitriles is 1. The smallest absolute Gasteiger partial charge is 0.239 e. The molecule has 0 radical (unpaired) electrons. The second-order valence-corrected chi connectivity index (χ2v) is 4.57. The van der Waals surface area contributed by atoms with E-state index in [-0.39, 0.29) is 12.5 Å². The zero-order chi connectivity index (χ0) is 14.3. The number of hydrogen-bond acceptors (Lipinski definition) is 4. The van der Waals surface area contributed by atoms with Crippen LogP contribution in [0.1, 0.15) is 19.4 Å². The summed E-state index contributed by atoms with van der Waals surface area (Å²) in [6.45, 7) is 4.84. The molecule has 5 heteroatoms. The Bertz CT molecular complexity index is 478. The van der Waals surface area contributed by atoms with Gasteiger partial charge in [0.25, 0.3) is 0 Å². The minimum atomic E-state index is -0.0968. The summed E-state index contributed by atoms with van der Waals surface area (Å²) < 4.78 is 5.09. The van der Waals surface area contributed by atoms with Crippen LogP contribution in [0.2, 0.25) is 0 Å². The van der Waals surface area contributed by atoms with E-state index in [1.165, 1.54) is 0 Å². The SMILES string of the molecule is COc1ccc(C#N)c(NCC(=O)NCC(C)C)c1. The summed E-state index contributed by atoms with van der Waals surface area (Å²) >= 11 is 0. The third kappa shape index (κ3) is 4.88. The standard InChI is InChI=1S/C14H19N3O2/c1-10(2)8-17-14(18)9-16-13-6-12(19-3)5-4-11(13)7-15/h4-6,10,16H,8-9H2,1-3H3,(H,17,18). The molecule has 5 nitrogen and oxygen atoms in total. The molecule has 102 valence electrons. The molecule has 0 aromatic heterocycles. The normalized spacial score (nSPS) is 9.84. The highest BCUT2D eigenvalue weighted by molar-refractivity contribution is 5.81. The van der Waals surface area contributed by atoms with Gasteiger partial charge in [-0.05, 0) is 18.1 Å². The molecule has 2 N–H and O–H groups in total. The van der Waals surface area contributed by atoms with Crippen LogP contribution in [0.4, 0.5) is 5.69 Å². The fourth-order valence-corrected chi connectivity index (χ4v) is 1.45. The first kappa shape index (κ1) is 14.8. The molecule has 0 aliphatic heterocycles. The van der Waals surface area contributed by atoms with Gasteiger partial charge in [0.1, 0.15) is 11.8 Å². The maximum atomic E-state index is 11.6. The van der Waals surface area contributed by atoms with Crippen molar-refractivity contribution in [2.45, 2.75) is 13.8 Å². The lowest BCUT2D eigenvalue weighted by Crippen LogP contribution is -2.32. The molecule has 0 aliphatic carbocycles. The summed E-state index contributed by atoms with van der Waals surface area (Å²) in [4.78, 5) is 11.6. The lowest BCUT2D eigenvalue weighted by Gasteiger charge is -2.11. The number of benzene rings is 1. The maximum absolute atomic E-state index is 11.6. The molecule has 1 aromatic carbocycles. The maximum Gasteiger partial charge on any atom is 0.239 e. The molecule has 0 aliphatic rings. The van der Waals surface area contributed by atoms with Crippen molar-refractivity contribution in [2.24, 2.45) is 5.92 Å². The predicted molar refractivity (Wildman–Crippen MR) is 74.0 cm³/mol. The van der Waals surface area contributed by atoms with Crippen molar-refractivity contribution >= 4 is 11.6 Å². The third-order valence-corrected chi connectivity index (χ3v) is 2.49. The zero-order valence-corrected chi connectivity index (χ0v) is 11.5. The molecule has 0 spiro atoms. The summed E-state index contributed by atoms with van der Waals surface area (Å²) in [6, 6.07) is 7.14. The molecule has 1 rings (SSSR count). The van der Waals surface area contributed by atoms with Crippen molar-refractivity contribution in [1.82, 2.24) is 5.32 Å². The van der Waals surface area contributed by atoms with E-state index in [0.29, 0.717) is 29.5 Å². The summed E-state index contributed by atoms with van der Waals surface area (Å²) in [6.07, 6.45) is 0. The van der Waals surface area contributed by atoms with Gasteiger partial charge in [0.15, 0.2) is 0 Å². The van der Waals surface area contributed by atoms with Gasteiger partial charge in [-0.2, -0.15) is 5.26 Å². The Morgan fingerprint density at radius 1 is 1.47 bits per heavy atom. The Morgan fingerprint density at radius 3 is 2.79 bits per heavy atom. The monoisotopic (exact) mass is 261 g/mol. The summed E-state index contributed by atoms with van der Waals surface area (Å²) in [5.41, 5.74) is 1.08. The van der Waals surface area contributed by atoms with E-state index >= 15 is 0 Å². The Morgan fingerprint density at radius 2 is 2.21 bits per heavy atom. The van der Waals surface area contributed by atoms with Crippen LogP contribution in [0, 0.1) is 17.2 Å². The average Bonchev–Trinajstić information content (AvgIpc) is 2.42. The molecule has 19 heavy (non-hydrogen) atoms. The van der Waals surface area contributed by atoms with E-state index in [0.717, 1.165) is 0 Å². The fourth-order valence-electron chi connectivity index (χ4n) is 1.45.